The maximum atomic E-state index is 5.84. The number of methoxy groups -OCH3 is 2. The number of nitrogens with zero attached hydrogens (tertiary/aromatic N) is 2. The van der Waals surface area contributed by atoms with Crippen LogP contribution in [0, 0.1) is 0 Å². The molecule has 0 saturated heterocycles. The number of aromatic nitrogens is 1. The lowest BCUT2D eigenvalue weighted by molar-refractivity contribution is 0.310. The fraction of sp³-hybridized carbons (Fsp3) is 0.333. The maximum Gasteiger partial charge on any atom is 0.213 e. The van der Waals surface area contributed by atoms with E-state index in [1.54, 1.807) is 26.4 Å². The van der Waals surface area contributed by atoms with Gasteiger partial charge in [0.2, 0.25) is 5.88 Å². The normalized spacial score (nSPS) is 11.1. The molecule has 2 rings (SSSR count). The Morgan fingerprint density at radius 1 is 1.19 bits per heavy atom. The summed E-state index contributed by atoms with van der Waals surface area (Å²) in [6.07, 6.45) is 2.28. The second-order valence-electron chi connectivity index (χ2n) is 5.30. The summed E-state index contributed by atoms with van der Waals surface area (Å²) in [4.78, 5) is 8.34. The van der Waals surface area contributed by atoms with Gasteiger partial charge in [-0.2, -0.15) is 0 Å². The van der Waals surface area contributed by atoms with Gasteiger partial charge in [-0.05, 0) is 30.2 Å². The highest BCUT2D eigenvalue weighted by Gasteiger charge is 2.04. The minimum Gasteiger partial charge on any atom is -0.493 e. The summed E-state index contributed by atoms with van der Waals surface area (Å²) in [5.41, 5.74) is 6.94. The third-order valence-corrected chi connectivity index (χ3v) is 3.71. The van der Waals surface area contributed by atoms with Gasteiger partial charge in [0.1, 0.15) is 6.61 Å². The SMILES string of the molecule is COc1ccc(CCN=C(N)NCCOc2ccc(Cl)cn2)cc1OC. The van der Waals surface area contributed by atoms with Crippen LogP contribution in [-0.4, -0.2) is 44.9 Å². The van der Waals surface area contributed by atoms with Crippen LogP contribution < -0.4 is 25.3 Å². The average Bonchev–Trinajstić information content (AvgIpc) is 2.66. The van der Waals surface area contributed by atoms with E-state index in [0.717, 1.165) is 12.0 Å². The van der Waals surface area contributed by atoms with Crippen LogP contribution in [0.5, 0.6) is 17.4 Å². The first-order valence-corrected chi connectivity index (χ1v) is 8.49. The number of hydrogen-bond acceptors (Lipinski definition) is 5. The zero-order valence-electron chi connectivity index (χ0n) is 14.9. The van der Waals surface area contributed by atoms with E-state index in [2.05, 4.69) is 15.3 Å². The van der Waals surface area contributed by atoms with E-state index in [1.165, 1.54) is 6.20 Å². The van der Waals surface area contributed by atoms with Crippen LogP contribution >= 0.6 is 11.6 Å². The molecular weight excluding hydrogens is 356 g/mol. The maximum absolute atomic E-state index is 5.84. The van der Waals surface area contributed by atoms with Gasteiger partial charge in [-0.1, -0.05) is 17.7 Å². The van der Waals surface area contributed by atoms with Gasteiger partial charge < -0.3 is 25.3 Å². The summed E-state index contributed by atoms with van der Waals surface area (Å²) in [6.45, 7) is 1.50. The van der Waals surface area contributed by atoms with Crippen LogP contribution in [0.2, 0.25) is 5.02 Å². The van der Waals surface area contributed by atoms with Crippen molar-refractivity contribution in [3.8, 4) is 17.4 Å². The van der Waals surface area contributed by atoms with Crippen LogP contribution in [0.1, 0.15) is 5.56 Å². The molecule has 0 unspecified atom stereocenters. The summed E-state index contributed by atoms with van der Waals surface area (Å²) in [5, 5.41) is 3.57. The molecule has 140 valence electrons. The van der Waals surface area contributed by atoms with Gasteiger partial charge >= 0.3 is 0 Å². The average molecular weight is 379 g/mol. The second kappa shape index (κ2) is 10.4. The van der Waals surface area contributed by atoms with E-state index in [4.69, 9.17) is 31.5 Å². The van der Waals surface area contributed by atoms with E-state index in [1.807, 2.05) is 18.2 Å². The van der Waals surface area contributed by atoms with Crippen molar-refractivity contribution in [1.82, 2.24) is 10.3 Å². The van der Waals surface area contributed by atoms with Gasteiger partial charge in [-0.15, -0.1) is 0 Å². The Morgan fingerprint density at radius 2 is 2.00 bits per heavy atom. The molecule has 8 heteroatoms. The standard InChI is InChI=1S/C18H23ClN4O3/c1-24-15-5-3-13(11-16(15)25-2)7-8-21-18(20)22-9-10-26-17-6-4-14(19)12-23-17/h3-6,11-12H,7-10H2,1-2H3,(H3,20,21,22). The number of nitrogens with one attached hydrogen (secondary N) is 1. The Labute approximate surface area is 158 Å². The molecule has 0 aliphatic carbocycles. The topological polar surface area (TPSA) is 91.0 Å². The highest BCUT2D eigenvalue weighted by molar-refractivity contribution is 6.30. The molecule has 0 saturated carbocycles. The molecule has 0 fully saturated rings. The first-order chi connectivity index (χ1) is 12.6. The van der Waals surface area contributed by atoms with Gasteiger partial charge in [0.15, 0.2) is 17.5 Å². The molecular formula is C18H23ClN4O3. The lowest BCUT2D eigenvalue weighted by Gasteiger charge is -2.09. The number of aliphatic imine (C=N–C) groups is 1. The zero-order chi connectivity index (χ0) is 18.8. The predicted molar refractivity (Wildman–Crippen MR) is 102 cm³/mol. The number of benzene rings is 1. The van der Waals surface area contributed by atoms with Gasteiger partial charge in [-0.25, -0.2) is 4.98 Å². The fourth-order valence-electron chi connectivity index (χ4n) is 2.18. The van der Waals surface area contributed by atoms with Gasteiger partial charge in [0.05, 0.1) is 25.8 Å². The van der Waals surface area contributed by atoms with Crippen molar-refractivity contribution in [2.75, 3.05) is 33.9 Å². The Balaban J connectivity index is 1.70. The van der Waals surface area contributed by atoms with E-state index in [-0.39, 0.29) is 0 Å². The summed E-state index contributed by atoms with van der Waals surface area (Å²) < 4.78 is 16.0. The molecule has 0 radical (unpaired) electrons. The lowest BCUT2D eigenvalue weighted by atomic mass is 10.1. The van der Waals surface area contributed by atoms with Crippen molar-refractivity contribution in [2.45, 2.75) is 6.42 Å². The fourth-order valence-corrected chi connectivity index (χ4v) is 2.29. The first-order valence-electron chi connectivity index (χ1n) is 8.11. The molecule has 0 bridgehead atoms. The van der Waals surface area contributed by atoms with Crippen LogP contribution in [0.25, 0.3) is 0 Å². The third kappa shape index (κ3) is 6.33. The van der Waals surface area contributed by atoms with Crippen molar-refractivity contribution in [2.24, 2.45) is 10.7 Å². The largest absolute Gasteiger partial charge is 0.493 e. The quantitative estimate of drug-likeness (QED) is 0.395. The van der Waals surface area contributed by atoms with Gasteiger partial charge in [0, 0.05) is 18.8 Å². The number of hydrogen-bond donors (Lipinski definition) is 2. The molecule has 1 heterocycles. The molecule has 0 spiro atoms. The van der Waals surface area contributed by atoms with E-state index in [0.29, 0.717) is 48.1 Å². The Bertz CT molecular complexity index is 723. The van der Waals surface area contributed by atoms with Crippen LogP contribution in [-0.2, 0) is 6.42 Å². The van der Waals surface area contributed by atoms with Gasteiger partial charge in [0.25, 0.3) is 0 Å². The summed E-state index contributed by atoms with van der Waals surface area (Å²) in [6, 6.07) is 9.23. The molecule has 0 aliphatic rings. The summed E-state index contributed by atoms with van der Waals surface area (Å²) in [7, 11) is 3.23. The van der Waals surface area contributed by atoms with Crippen molar-refractivity contribution < 1.29 is 14.2 Å². The number of pyridine rings is 1. The molecule has 26 heavy (non-hydrogen) atoms. The minimum atomic E-state index is 0.373. The number of nitrogens with two attached hydrogens (primary N) is 1. The molecule has 7 nitrogen and oxygen atoms in total. The second-order valence-corrected chi connectivity index (χ2v) is 5.73. The zero-order valence-corrected chi connectivity index (χ0v) is 15.6. The Kier molecular flexibility index (Phi) is 7.82. The monoisotopic (exact) mass is 378 g/mol. The van der Waals surface area contributed by atoms with Crippen LogP contribution in [0.4, 0.5) is 0 Å². The van der Waals surface area contributed by atoms with Crippen LogP contribution in [0.15, 0.2) is 41.5 Å². The van der Waals surface area contributed by atoms with Crippen molar-refractivity contribution in [3.63, 3.8) is 0 Å². The molecule has 1 aromatic heterocycles. The Hall–Kier alpha value is -2.67. The van der Waals surface area contributed by atoms with E-state index >= 15 is 0 Å². The molecule has 0 amide bonds. The smallest absolute Gasteiger partial charge is 0.213 e. The molecule has 3 N–H and O–H groups in total. The first kappa shape index (κ1) is 19.7. The summed E-state index contributed by atoms with van der Waals surface area (Å²) >= 11 is 5.76. The van der Waals surface area contributed by atoms with Crippen molar-refractivity contribution in [3.05, 3.63) is 47.1 Å². The van der Waals surface area contributed by atoms with E-state index < -0.39 is 0 Å². The number of guanidine groups is 1. The molecule has 0 aliphatic heterocycles. The number of halogens is 1. The predicted octanol–water partition coefficient (Wildman–Crippen LogP) is 2.28. The van der Waals surface area contributed by atoms with Crippen molar-refractivity contribution in [1.29, 1.82) is 0 Å². The third-order valence-electron chi connectivity index (χ3n) is 3.49. The summed E-state index contributed by atoms with van der Waals surface area (Å²) in [5.74, 6) is 2.29. The molecule has 1 aromatic carbocycles. The molecule has 0 atom stereocenters. The van der Waals surface area contributed by atoms with Crippen molar-refractivity contribution >= 4 is 17.6 Å². The lowest BCUT2D eigenvalue weighted by Crippen LogP contribution is -2.35. The van der Waals surface area contributed by atoms with E-state index in [9.17, 15) is 0 Å². The highest BCUT2D eigenvalue weighted by Crippen LogP contribution is 2.27. The number of ether oxygens (including phenoxy) is 3. The Morgan fingerprint density at radius 3 is 2.69 bits per heavy atom. The van der Waals surface area contributed by atoms with Crippen LogP contribution in [0.3, 0.4) is 0 Å². The minimum absolute atomic E-state index is 0.373. The number of rotatable bonds is 9. The van der Waals surface area contributed by atoms with Gasteiger partial charge in [-0.3, -0.25) is 4.99 Å². The molecule has 2 aromatic rings. The highest BCUT2D eigenvalue weighted by atomic mass is 35.5.